The number of phenolic OH excluding ortho intramolecular Hbond substituents is 1. The maximum Gasteiger partial charge on any atom is 0.342 e. The highest BCUT2D eigenvalue weighted by Gasteiger charge is 2.52. The van der Waals surface area contributed by atoms with Gasteiger partial charge >= 0.3 is 11.9 Å². The van der Waals surface area contributed by atoms with Crippen LogP contribution >= 0.6 is 45.2 Å². The first kappa shape index (κ1) is 25.5. The first-order valence-electron chi connectivity index (χ1n) is 11.6. The molecular weight excluding hydrogens is 648 g/mol. The van der Waals surface area contributed by atoms with Crippen molar-refractivity contribution in [1.29, 1.82) is 0 Å². The number of phenols is 1. The van der Waals surface area contributed by atoms with Crippen molar-refractivity contribution < 1.29 is 24.2 Å². The van der Waals surface area contributed by atoms with Crippen LogP contribution in [0.4, 0.5) is 0 Å². The normalized spacial score (nSPS) is 30.9. The largest absolute Gasteiger partial charge is 0.506 e. The van der Waals surface area contributed by atoms with Crippen LogP contribution in [0.2, 0.25) is 0 Å². The van der Waals surface area contributed by atoms with Crippen LogP contribution in [0.25, 0.3) is 0 Å². The fraction of sp³-hybridized carbons (Fsp3) is 0.680. The number of fused-ring (bicyclic) bond motifs is 2. The molecule has 0 spiro atoms. The van der Waals surface area contributed by atoms with Crippen molar-refractivity contribution in [1.82, 2.24) is 4.90 Å². The molecule has 1 saturated heterocycles. The van der Waals surface area contributed by atoms with E-state index in [1.54, 1.807) is 6.07 Å². The Balaban J connectivity index is 1.35. The number of hydrogen-bond donors (Lipinski definition) is 1. The van der Waals surface area contributed by atoms with Crippen molar-refractivity contribution in [2.45, 2.75) is 83.1 Å². The zero-order valence-electron chi connectivity index (χ0n) is 19.9. The van der Waals surface area contributed by atoms with Crippen LogP contribution in [0.1, 0.15) is 70.2 Å². The summed E-state index contributed by atoms with van der Waals surface area (Å²) < 4.78 is 13.4. The number of benzene rings is 1. The number of ether oxygens (including phenoxy) is 2. The molecule has 0 aromatic heterocycles. The third kappa shape index (κ3) is 5.03. The first-order valence-corrected chi connectivity index (χ1v) is 13.8. The molecule has 2 aliphatic carbocycles. The van der Waals surface area contributed by atoms with Crippen molar-refractivity contribution in [2.24, 2.45) is 17.8 Å². The molecule has 0 radical (unpaired) electrons. The summed E-state index contributed by atoms with van der Waals surface area (Å²) in [7, 11) is 2.15. The van der Waals surface area contributed by atoms with Crippen LogP contribution in [0.5, 0.6) is 5.75 Å². The molecule has 4 atom stereocenters. The summed E-state index contributed by atoms with van der Waals surface area (Å²) in [6.07, 6.45) is 3.66. The van der Waals surface area contributed by atoms with Crippen molar-refractivity contribution in [3.05, 3.63) is 24.8 Å². The number of nitrogens with zero attached hydrogens (tertiary/aromatic N) is 1. The third-order valence-electron chi connectivity index (χ3n) is 8.15. The van der Waals surface area contributed by atoms with Gasteiger partial charge in [-0.15, -0.1) is 0 Å². The van der Waals surface area contributed by atoms with Gasteiger partial charge < -0.3 is 14.6 Å². The van der Waals surface area contributed by atoms with Gasteiger partial charge in [-0.1, -0.05) is 0 Å². The summed E-state index contributed by atoms with van der Waals surface area (Å²) in [5.74, 6) is -0.352. The lowest BCUT2D eigenvalue weighted by atomic mass is 9.78. The highest BCUT2D eigenvalue weighted by molar-refractivity contribution is 14.1. The van der Waals surface area contributed by atoms with Crippen LogP contribution < -0.4 is 0 Å². The topological polar surface area (TPSA) is 76.1 Å². The second kappa shape index (κ2) is 9.11. The SMILES string of the molecule is CN1C(C)(C)CC(OC(=O)C2CC3CC2CC3OC(=O)c2cc(I)cc(I)c2O)CC1(C)C. The van der Waals surface area contributed by atoms with Crippen molar-refractivity contribution in [2.75, 3.05) is 7.05 Å². The van der Waals surface area contributed by atoms with Gasteiger partial charge in [0.1, 0.15) is 23.5 Å². The van der Waals surface area contributed by atoms with E-state index in [9.17, 15) is 14.7 Å². The summed E-state index contributed by atoms with van der Waals surface area (Å²) in [4.78, 5) is 28.2. The monoisotopic (exact) mass is 681 g/mol. The zero-order chi connectivity index (χ0) is 24.3. The molecule has 1 aliphatic heterocycles. The minimum absolute atomic E-state index is 0.0285. The molecule has 4 unspecified atom stereocenters. The van der Waals surface area contributed by atoms with E-state index in [0.717, 1.165) is 22.8 Å². The average molecular weight is 681 g/mol. The molecule has 4 rings (SSSR count). The van der Waals surface area contributed by atoms with E-state index in [0.29, 0.717) is 16.4 Å². The van der Waals surface area contributed by atoms with E-state index in [1.165, 1.54) is 0 Å². The molecule has 0 amide bonds. The molecule has 3 fully saturated rings. The first-order chi connectivity index (χ1) is 15.3. The number of likely N-dealkylation sites (tertiary alicyclic amines) is 1. The molecule has 8 heteroatoms. The Morgan fingerprint density at radius 2 is 1.64 bits per heavy atom. The lowest BCUT2D eigenvalue weighted by Gasteiger charge is -2.53. The average Bonchev–Trinajstić information content (AvgIpc) is 3.28. The number of carbonyl (C=O) groups excluding carboxylic acids is 2. The van der Waals surface area contributed by atoms with Crippen molar-refractivity contribution in [3.8, 4) is 5.75 Å². The summed E-state index contributed by atoms with van der Waals surface area (Å²) in [6.45, 7) is 8.82. The van der Waals surface area contributed by atoms with Crippen LogP contribution in [0, 0.1) is 24.9 Å². The molecular formula is C25H33I2NO5. The molecule has 2 saturated carbocycles. The molecule has 1 aromatic carbocycles. The van der Waals surface area contributed by atoms with Crippen molar-refractivity contribution >= 4 is 57.1 Å². The number of aromatic hydroxyl groups is 1. The minimum atomic E-state index is -0.489. The maximum atomic E-state index is 13.1. The highest BCUT2D eigenvalue weighted by Crippen LogP contribution is 2.51. The lowest BCUT2D eigenvalue weighted by molar-refractivity contribution is -0.166. The summed E-state index contributed by atoms with van der Waals surface area (Å²) in [6, 6.07) is 3.46. The highest BCUT2D eigenvalue weighted by atomic mass is 127. The van der Waals surface area contributed by atoms with E-state index in [1.807, 2.05) is 28.7 Å². The van der Waals surface area contributed by atoms with E-state index < -0.39 is 5.97 Å². The van der Waals surface area contributed by atoms with Gasteiger partial charge in [0.2, 0.25) is 0 Å². The second-order valence-electron chi connectivity index (χ2n) is 11.2. The van der Waals surface area contributed by atoms with Crippen LogP contribution in [0.15, 0.2) is 12.1 Å². The van der Waals surface area contributed by atoms with Gasteiger partial charge in [0.15, 0.2) is 0 Å². The van der Waals surface area contributed by atoms with Gasteiger partial charge in [-0.3, -0.25) is 9.69 Å². The fourth-order valence-electron chi connectivity index (χ4n) is 6.19. The van der Waals surface area contributed by atoms with Crippen LogP contribution in [0.3, 0.4) is 0 Å². The number of carbonyl (C=O) groups is 2. The third-order valence-corrected chi connectivity index (χ3v) is 9.60. The Hall–Kier alpha value is -0.620. The predicted octanol–water partition coefficient (Wildman–Crippen LogP) is 5.37. The standard InChI is InChI=1S/C25H33I2NO5/c1-24(2)11-16(12-25(3,4)28(24)5)32-22(30)17-7-14-6-13(17)8-20(14)33-23(31)18-9-15(26)10-19(27)21(18)29/h9-10,13-14,16-17,20,29H,6-8,11-12H2,1-5H3. The second-order valence-corrected chi connectivity index (χ2v) is 13.6. The quantitative estimate of drug-likeness (QED) is 0.341. The molecule has 1 aromatic rings. The molecule has 6 nitrogen and oxygen atoms in total. The van der Waals surface area contributed by atoms with E-state index in [2.05, 4.69) is 62.2 Å². The summed E-state index contributed by atoms with van der Waals surface area (Å²) in [5.41, 5.74) is 0.149. The number of esters is 2. The van der Waals surface area contributed by atoms with E-state index >= 15 is 0 Å². The van der Waals surface area contributed by atoms with Crippen molar-refractivity contribution in [3.63, 3.8) is 0 Å². The summed E-state index contributed by atoms with van der Waals surface area (Å²) in [5, 5.41) is 10.3. The predicted molar refractivity (Wildman–Crippen MR) is 142 cm³/mol. The number of rotatable bonds is 4. The molecule has 3 aliphatic rings. The Kier molecular flexibility index (Phi) is 7.03. The Morgan fingerprint density at radius 3 is 2.21 bits per heavy atom. The smallest absolute Gasteiger partial charge is 0.342 e. The number of piperidine rings is 1. The molecule has 33 heavy (non-hydrogen) atoms. The van der Waals surface area contributed by atoms with Gasteiger partial charge in [-0.2, -0.15) is 0 Å². The fourth-order valence-corrected chi connectivity index (χ4v) is 8.04. The van der Waals surface area contributed by atoms with Crippen LogP contribution in [-0.4, -0.2) is 52.3 Å². The minimum Gasteiger partial charge on any atom is -0.506 e. The van der Waals surface area contributed by atoms with Gasteiger partial charge in [0.05, 0.1) is 9.49 Å². The van der Waals surface area contributed by atoms with E-state index in [4.69, 9.17) is 9.47 Å². The molecule has 1 heterocycles. The Bertz CT molecular complexity index is 944. The zero-order valence-corrected chi connectivity index (χ0v) is 24.2. The summed E-state index contributed by atoms with van der Waals surface area (Å²) >= 11 is 4.14. The van der Waals surface area contributed by atoms with Gasteiger partial charge in [-0.25, -0.2) is 4.79 Å². The molecule has 2 bridgehead atoms. The van der Waals surface area contributed by atoms with Gasteiger partial charge in [0, 0.05) is 27.5 Å². The molecule has 1 N–H and O–H groups in total. The van der Waals surface area contributed by atoms with Crippen LogP contribution in [-0.2, 0) is 14.3 Å². The number of hydrogen-bond acceptors (Lipinski definition) is 6. The maximum absolute atomic E-state index is 13.1. The number of halogens is 2. The Morgan fingerprint density at radius 1 is 1.00 bits per heavy atom. The van der Waals surface area contributed by atoms with Gasteiger partial charge in [-0.05, 0) is 123 Å². The van der Waals surface area contributed by atoms with E-state index in [-0.39, 0.29) is 58.3 Å². The lowest BCUT2D eigenvalue weighted by Crippen LogP contribution is -2.60. The Labute approximate surface area is 223 Å². The van der Waals surface area contributed by atoms with Gasteiger partial charge in [0.25, 0.3) is 0 Å². The molecule has 182 valence electrons.